The van der Waals surface area contributed by atoms with Crippen LogP contribution in [0.4, 0.5) is 5.69 Å². The fourth-order valence-corrected chi connectivity index (χ4v) is 4.69. The first-order valence-corrected chi connectivity index (χ1v) is 11.5. The molecule has 1 aliphatic carbocycles. The van der Waals surface area contributed by atoms with Crippen molar-refractivity contribution in [2.75, 3.05) is 5.32 Å². The van der Waals surface area contributed by atoms with Gasteiger partial charge in [0.2, 0.25) is 11.8 Å². The van der Waals surface area contributed by atoms with Crippen LogP contribution < -0.4 is 10.6 Å². The Bertz CT molecular complexity index is 905. The number of aryl methyl sites for hydroxylation is 2. The molecule has 2 N–H and O–H groups in total. The maximum absolute atomic E-state index is 12.6. The molecule has 1 aromatic carbocycles. The first-order chi connectivity index (χ1) is 14.4. The lowest BCUT2D eigenvalue weighted by atomic mass is 10.1. The third-order valence-electron chi connectivity index (χ3n) is 5.44. The molecule has 1 fully saturated rings. The van der Waals surface area contributed by atoms with Crippen LogP contribution in [-0.4, -0.2) is 37.9 Å². The lowest BCUT2D eigenvalue weighted by Gasteiger charge is -2.16. The molecule has 162 valence electrons. The number of thioether (sulfide) groups is 1. The van der Waals surface area contributed by atoms with Crippen LogP contribution in [0.25, 0.3) is 0 Å². The molecule has 7 nitrogen and oxygen atoms in total. The first kappa shape index (κ1) is 22.3. The Morgan fingerprint density at radius 2 is 1.97 bits per heavy atom. The second-order valence-electron chi connectivity index (χ2n) is 7.94. The fraction of sp³-hybridized carbons (Fsp3) is 0.545. The molecular formula is C22H31N5O2S. The molecule has 0 radical (unpaired) electrons. The molecular weight excluding hydrogens is 398 g/mol. The molecule has 1 saturated carbocycles. The van der Waals surface area contributed by atoms with Crippen molar-refractivity contribution in [3.63, 3.8) is 0 Å². The van der Waals surface area contributed by atoms with E-state index >= 15 is 0 Å². The first-order valence-electron chi connectivity index (χ1n) is 10.6. The lowest BCUT2D eigenvalue weighted by Crippen LogP contribution is -2.37. The van der Waals surface area contributed by atoms with Gasteiger partial charge < -0.3 is 15.2 Å². The van der Waals surface area contributed by atoms with Crippen LogP contribution in [0, 0.1) is 13.8 Å². The topological polar surface area (TPSA) is 88.9 Å². The number of rotatable bonds is 8. The molecule has 1 atom stereocenters. The van der Waals surface area contributed by atoms with Crippen LogP contribution in [0.2, 0.25) is 0 Å². The Morgan fingerprint density at radius 3 is 2.63 bits per heavy atom. The van der Waals surface area contributed by atoms with Gasteiger partial charge >= 0.3 is 0 Å². The summed E-state index contributed by atoms with van der Waals surface area (Å²) in [6.07, 6.45) is 4.63. The van der Waals surface area contributed by atoms with Crippen LogP contribution in [0.3, 0.4) is 0 Å². The number of hydrogen-bond acceptors (Lipinski definition) is 5. The van der Waals surface area contributed by atoms with Gasteiger partial charge in [-0.2, -0.15) is 0 Å². The number of hydrogen-bond donors (Lipinski definition) is 2. The largest absolute Gasteiger partial charge is 0.352 e. The number of carbonyl (C=O) groups excluding carboxylic acids is 2. The summed E-state index contributed by atoms with van der Waals surface area (Å²) < 4.78 is 1.91. The molecule has 30 heavy (non-hydrogen) atoms. The van der Waals surface area contributed by atoms with Crippen LogP contribution >= 0.6 is 11.8 Å². The summed E-state index contributed by atoms with van der Waals surface area (Å²) in [5.74, 6) is 0.505. The van der Waals surface area contributed by atoms with Crippen molar-refractivity contribution in [2.24, 2.45) is 0 Å². The van der Waals surface area contributed by atoms with Gasteiger partial charge in [0.05, 0.1) is 11.7 Å². The summed E-state index contributed by atoms with van der Waals surface area (Å²) in [5.41, 5.74) is 2.99. The average molecular weight is 430 g/mol. The zero-order valence-electron chi connectivity index (χ0n) is 18.2. The van der Waals surface area contributed by atoms with Crippen molar-refractivity contribution in [1.82, 2.24) is 20.1 Å². The molecule has 1 aliphatic rings. The monoisotopic (exact) mass is 429 g/mol. The van der Waals surface area contributed by atoms with Gasteiger partial charge in [-0.1, -0.05) is 42.3 Å². The summed E-state index contributed by atoms with van der Waals surface area (Å²) >= 11 is 1.39. The molecule has 2 amide bonds. The highest BCUT2D eigenvalue weighted by atomic mass is 32.2. The molecule has 8 heteroatoms. The SMILES string of the molecule is CCn1c(CC(=O)Nc2ccc(C)cc2C)nnc1S[C@@H](C)C(=O)NC1CCCC1. The van der Waals surface area contributed by atoms with Gasteiger partial charge in [0.1, 0.15) is 5.82 Å². The predicted molar refractivity (Wildman–Crippen MR) is 120 cm³/mol. The van der Waals surface area contributed by atoms with E-state index in [-0.39, 0.29) is 23.5 Å². The van der Waals surface area contributed by atoms with E-state index in [1.54, 1.807) is 0 Å². The zero-order chi connectivity index (χ0) is 21.7. The van der Waals surface area contributed by atoms with Gasteiger partial charge in [-0.3, -0.25) is 9.59 Å². The fourth-order valence-electron chi connectivity index (χ4n) is 3.75. The Kier molecular flexibility index (Phi) is 7.53. The molecule has 0 bridgehead atoms. The second-order valence-corrected chi connectivity index (χ2v) is 9.24. The standard InChI is InChI=1S/C22H31N5O2S/c1-5-27-19(13-20(28)24-18-11-10-14(2)12-15(18)3)25-26-22(27)30-16(4)21(29)23-17-8-6-7-9-17/h10-12,16-17H,5-9,13H2,1-4H3,(H,23,29)(H,24,28)/t16-/m0/s1. The minimum Gasteiger partial charge on any atom is -0.352 e. The lowest BCUT2D eigenvalue weighted by molar-refractivity contribution is -0.121. The molecule has 2 aromatic rings. The van der Waals surface area contributed by atoms with Gasteiger partial charge in [0.15, 0.2) is 5.16 Å². The number of nitrogens with one attached hydrogen (secondary N) is 2. The normalized spacial score (nSPS) is 15.2. The van der Waals surface area contributed by atoms with Crippen LogP contribution in [0.5, 0.6) is 0 Å². The quantitative estimate of drug-likeness (QED) is 0.626. The van der Waals surface area contributed by atoms with E-state index in [9.17, 15) is 9.59 Å². The summed E-state index contributed by atoms with van der Waals surface area (Å²) in [6, 6.07) is 6.23. The number of benzene rings is 1. The summed E-state index contributed by atoms with van der Waals surface area (Å²) in [7, 11) is 0. The van der Waals surface area contributed by atoms with Crippen molar-refractivity contribution in [3.8, 4) is 0 Å². The van der Waals surface area contributed by atoms with E-state index in [4.69, 9.17) is 0 Å². The summed E-state index contributed by atoms with van der Waals surface area (Å²) in [5, 5.41) is 15.0. The Morgan fingerprint density at radius 1 is 1.23 bits per heavy atom. The number of aromatic nitrogens is 3. The molecule has 0 aliphatic heterocycles. The zero-order valence-corrected chi connectivity index (χ0v) is 19.0. The van der Waals surface area contributed by atoms with Gasteiger partial charge in [-0.05, 0) is 52.2 Å². The smallest absolute Gasteiger partial charge is 0.233 e. The maximum Gasteiger partial charge on any atom is 0.233 e. The van der Waals surface area contributed by atoms with Gasteiger partial charge in [0, 0.05) is 18.3 Å². The minimum atomic E-state index is -0.267. The molecule has 1 heterocycles. The van der Waals surface area contributed by atoms with Crippen molar-refractivity contribution in [3.05, 3.63) is 35.2 Å². The molecule has 0 unspecified atom stereocenters. The van der Waals surface area contributed by atoms with Crippen LogP contribution in [-0.2, 0) is 22.6 Å². The van der Waals surface area contributed by atoms with E-state index < -0.39 is 0 Å². The highest BCUT2D eigenvalue weighted by Crippen LogP contribution is 2.24. The predicted octanol–water partition coefficient (Wildman–Crippen LogP) is 3.64. The van der Waals surface area contributed by atoms with Crippen molar-refractivity contribution in [1.29, 1.82) is 0 Å². The van der Waals surface area contributed by atoms with E-state index in [1.165, 1.54) is 24.6 Å². The van der Waals surface area contributed by atoms with E-state index in [2.05, 4.69) is 20.8 Å². The number of carbonyl (C=O) groups is 2. The van der Waals surface area contributed by atoms with Gasteiger partial charge in [0.25, 0.3) is 0 Å². The van der Waals surface area contributed by atoms with Crippen molar-refractivity contribution in [2.45, 2.75) is 82.8 Å². The average Bonchev–Trinajstić information content (AvgIpc) is 3.33. The third kappa shape index (κ3) is 5.62. The van der Waals surface area contributed by atoms with Crippen LogP contribution in [0.1, 0.15) is 56.5 Å². The number of amides is 2. The van der Waals surface area contributed by atoms with Gasteiger partial charge in [-0.25, -0.2) is 0 Å². The maximum atomic E-state index is 12.6. The third-order valence-corrected chi connectivity index (χ3v) is 6.52. The number of nitrogens with zero attached hydrogens (tertiary/aromatic N) is 3. The molecule has 1 aromatic heterocycles. The minimum absolute atomic E-state index is 0.0340. The Balaban J connectivity index is 1.61. The summed E-state index contributed by atoms with van der Waals surface area (Å²) in [4.78, 5) is 25.1. The van der Waals surface area contributed by atoms with E-state index in [0.717, 1.165) is 29.7 Å². The van der Waals surface area contributed by atoms with Crippen molar-refractivity contribution >= 4 is 29.3 Å². The summed E-state index contributed by atoms with van der Waals surface area (Å²) in [6.45, 7) is 8.51. The second kappa shape index (κ2) is 10.1. The van der Waals surface area contributed by atoms with Gasteiger partial charge in [-0.15, -0.1) is 10.2 Å². The molecule has 3 rings (SSSR count). The molecule has 0 spiro atoms. The highest BCUT2D eigenvalue weighted by Gasteiger charge is 2.24. The Labute approximate surface area is 182 Å². The Hall–Kier alpha value is -2.35. The number of anilines is 1. The highest BCUT2D eigenvalue weighted by molar-refractivity contribution is 8.00. The van der Waals surface area contributed by atoms with Crippen LogP contribution in [0.15, 0.2) is 23.4 Å². The van der Waals surface area contributed by atoms with E-state index in [1.807, 2.05) is 50.5 Å². The van der Waals surface area contributed by atoms with Crippen molar-refractivity contribution < 1.29 is 9.59 Å². The molecule has 0 saturated heterocycles. The van der Waals surface area contributed by atoms with E-state index in [0.29, 0.717) is 23.6 Å².